The summed E-state index contributed by atoms with van der Waals surface area (Å²) in [7, 11) is 0. The molecule has 0 fully saturated rings. The Kier molecular flexibility index (Phi) is 1.90. The minimum absolute atomic E-state index is 0.132. The lowest BCUT2D eigenvalue weighted by Crippen LogP contribution is -2.26. The first-order valence-corrected chi connectivity index (χ1v) is 5.48. The Morgan fingerprint density at radius 1 is 1.20 bits per heavy atom. The normalized spacial score (nSPS) is 18.4. The van der Waals surface area contributed by atoms with Crippen molar-refractivity contribution in [3.05, 3.63) is 16.0 Å². The largest absolute Gasteiger partial charge is 0.371 e. The van der Waals surface area contributed by atoms with Crippen molar-refractivity contribution < 1.29 is 0 Å². The second kappa shape index (κ2) is 3.25. The van der Waals surface area contributed by atoms with Gasteiger partial charge in [-0.1, -0.05) is 0 Å². The van der Waals surface area contributed by atoms with Crippen LogP contribution in [0, 0.1) is 0 Å². The fourth-order valence-corrected chi connectivity index (χ4v) is 2.29. The zero-order chi connectivity index (χ0) is 10.3. The quantitative estimate of drug-likeness (QED) is 0.645. The molecule has 2 aliphatic rings. The Balaban J connectivity index is 2.22. The van der Waals surface area contributed by atoms with Crippen molar-refractivity contribution in [3.8, 4) is 0 Å². The van der Waals surface area contributed by atoms with Crippen molar-refractivity contribution in [1.29, 1.82) is 0 Å². The molecule has 0 amide bonds. The molecule has 1 aromatic rings. The zero-order valence-electron chi connectivity index (χ0n) is 8.55. The van der Waals surface area contributed by atoms with Crippen LogP contribution < -0.4 is 16.3 Å². The molecule has 3 heterocycles. The number of anilines is 2. The van der Waals surface area contributed by atoms with Gasteiger partial charge >= 0.3 is 5.69 Å². The van der Waals surface area contributed by atoms with Crippen LogP contribution >= 0.6 is 0 Å². The third-order valence-electron chi connectivity index (χ3n) is 3.05. The number of hydrogen-bond acceptors (Lipinski definition) is 4. The maximum atomic E-state index is 11.7. The average molecular weight is 206 g/mol. The first kappa shape index (κ1) is 8.76. The number of hydrogen-bond donors (Lipinski definition) is 2. The molecule has 80 valence electrons. The van der Waals surface area contributed by atoms with Crippen LogP contribution in [-0.2, 0) is 13.0 Å². The molecule has 5 heteroatoms. The van der Waals surface area contributed by atoms with Crippen LogP contribution in [0.25, 0.3) is 0 Å². The molecule has 0 aliphatic carbocycles. The summed E-state index contributed by atoms with van der Waals surface area (Å²) in [6.45, 7) is 2.64. The van der Waals surface area contributed by atoms with Crippen molar-refractivity contribution in [1.82, 2.24) is 9.55 Å². The van der Waals surface area contributed by atoms with Gasteiger partial charge in [0.05, 0.1) is 0 Å². The third kappa shape index (κ3) is 1.30. The number of nitrogens with one attached hydrogen (secondary N) is 2. The summed E-state index contributed by atoms with van der Waals surface area (Å²) >= 11 is 0. The van der Waals surface area contributed by atoms with E-state index < -0.39 is 0 Å². The van der Waals surface area contributed by atoms with Crippen molar-refractivity contribution in [2.24, 2.45) is 0 Å². The van der Waals surface area contributed by atoms with Gasteiger partial charge in [-0.15, -0.1) is 0 Å². The average Bonchev–Trinajstić information content (AvgIpc) is 2.54. The van der Waals surface area contributed by atoms with Gasteiger partial charge in [0.1, 0.15) is 11.6 Å². The number of aromatic nitrogens is 2. The first-order valence-electron chi connectivity index (χ1n) is 5.48. The predicted octanol–water partition coefficient (Wildman–Crippen LogP) is 0.417. The van der Waals surface area contributed by atoms with Gasteiger partial charge in [0.25, 0.3) is 0 Å². The van der Waals surface area contributed by atoms with E-state index in [2.05, 4.69) is 15.6 Å². The lowest BCUT2D eigenvalue weighted by molar-refractivity contribution is 0.623. The van der Waals surface area contributed by atoms with E-state index in [-0.39, 0.29) is 5.69 Å². The molecule has 1 aromatic heterocycles. The van der Waals surface area contributed by atoms with E-state index in [1.165, 1.54) is 5.56 Å². The van der Waals surface area contributed by atoms with Crippen LogP contribution in [0.5, 0.6) is 0 Å². The molecule has 0 aromatic carbocycles. The highest BCUT2D eigenvalue weighted by Gasteiger charge is 2.21. The molecule has 0 radical (unpaired) electrons. The van der Waals surface area contributed by atoms with E-state index in [0.717, 1.165) is 50.5 Å². The van der Waals surface area contributed by atoms with Gasteiger partial charge in [0.2, 0.25) is 0 Å². The van der Waals surface area contributed by atoms with Crippen LogP contribution in [-0.4, -0.2) is 22.6 Å². The highest BCUT2D eigenvalue weighted by Crippen LogP contribution is 2.26. The molecule has 2 N–H and O–H groups in total. The van der Waals surface area contributed by atoms with E-state index in [0.29, 0.717) is 0 Å². The molecule has 3 rings (SSSR count). The van der Waals surface area contributed by atoms with Gasteiger partial charge in [-0.25, -0.2) is 4.79 Å². The summed E-state index contributed by atoms with van der Waals surface area (Å²) < 4.78 is 1.78. The zero-order valence-corrected chi connectivity index (χ0v) is 8.55. The molecule has 2 aliphatic heterocycles. The summed E-state index contributed by atoms with van der Waals surface area (Å²) in [4.78, 5) is 15.8. The standard InChI is InChI=1S/C10H14N4O/c15-10-13-8-7(3-5-11-8)9-12-4-1-2-6-14(9)10/h12H,1-6H2,(H,11,13,15). The lowest BCUT2D eigenvalue weighted by atomic mass is 10.2. The molecule has 5 nitrogen and oxygen atoms in total. The number of nitrogens with zero attached hydrogens (tertiary/aromatic N) is 2. The summed E-state index contributed by atoms with van der Waals surface area (Å²) in [5.74, 6) is 1.77. The van der Waals surface area contributed by atoms with Crippen molar-refractivity contribution in [2.75, 3.05) is 23.7 Å². The monoisotopic (exact) mass is 206 g/mol. The SMILES string of the molecule is O=c1nc2c(c3n1CCCCN3)CCN2. The van der Waals surface area contributed by atoms with Crippen LogP contribution in [0.4, 0.5) is 11.6 Å². The summed E-state index contributed by atoms with van der Waals surface area (Å²) in [6.07, 6.45) is 3.13. The van der Waals surface area contributed by atoms with Crippen LogP contribution in [0.2, 0.25) is 0 Å². The minimum Gasteiger partial charge on any atom is -0.371 e. The van der Waals surface area contributed by atoms with Crippen LogP contribution in [0.1, 0.15) is 18.4 Å². The Morgan fingerprint density at radius 2 is 2.13 bits per heavy atom. The van der Waals surface area contributed by atoms with Crippen molar-refractivity contribution in [3.63, 3.8) is 0 Å². The summed E-state index contributed by atoms with van der Waals surface area (Å²) in [5, 5.41) is 6.50. The summed E-state index contributed by atoms with van der Waals surface area (Å²) in [5.41, 5.74) is 1.05. The minimum atomic E-state index is -0.132. The molecule has 0 atom stereocenters. The Morgan fingerprint density at radius 3 is 3.07 bits per heavy atom. The highest BCUT2D eigenvalue weighted by molar-refractivity contribution is 5.61. The molecular formula is C10H14N4O. The molecule has 0 spiro atoms. The predicted molar refractivity (Wildman–Crippen MR) is 58.4 cm³/mol. The van der Waals surface area contributed by atoms with Gasteiger partial charge in [-0.05, 0) is 19.3 Å². The topological polar surface area (TPSA) is 59.0 Å². The molecule has 0 bridgehead atoms. The van der Waals surface area contributed by atoms with Crippen molar-refractivity contribution >= 4 is 11.6 Å². The second-order valence-electron chi connectivity index (χ2n) is 4.03. The van der Waals surface area contributed by atoms with E-state index in [9.17, 15) is 4.79 Å². The maximum Gasteiger partial charge on any atom is 0.351 e. The van der Waals surface area contributed by atoms with E-state index in [1.54, 1.807) is 4.57 Å². The molecule has 0 saturated carbocycles. The molecule has 15 heavy (non-hydrogen) atoms. The Hall–Kier alpha value is -1.52. The van der Waals surface area contributed by atoms with Gasteiger partial charge in [-0.2, -0.15) is 4.98 Å². The fraction of sp³-hybridized carbons (Fsp3) is 0.600. The van der Waals surface area contributed by atoms with Crippen LogP contribution in [0.15, 0.2) is 4.79 Å². The molecular weight excluding hydrogens is 192 g/mol. The van der Waals surface area contributed by atoms with E-state index >= 15 is 0 Å². The lowest BCUT2D eigenvalue weighted by Gasteiger charge is -2.13. The van der Waals surface area contributed by atoms with Gasteiger partial charge in [0, 0.05) is 25.2 Å². The van der Waals surface area contributed by atoms with Gasteiger partial charge in [-0.3, -0.25) is 4.57 Å². The Labute approximate surface area is 87.5 Å². The van der Waals surface area contributed by atoms with Crippen molar-refractivity contribution in [2.45, 2.75) is 25.8 Å². The summed E-state index contributed by atoms with van der Waals surface area (Å²) in [6, 6.07) is 0. The number of fused-ring (bicyclic) bond motifs is 3. The van der Waals surface area contributed by atoms with Gasteiger partial charge < -0.3 is 10.6 Å². The maximum absolute atomic E-state index is 11.7. The van der Waals surface area contributed by atoms with E-state index in [4.69, 9.17) is 0 Å². The van der Waals surface area contributed by atoms with Crippen LogP contribution in [0.3, 0.4) is 0 Å². The number of rotatable bonds is 0. The second-order valence-corrected chi connectivity index (χ2v) is 4.03. The van der Waals surface area contributed by atoms with Gasteiger partial charge in [0.15, 0.2) is 0 Å². The molecule has 0 saturated heterocycles. The smallest absolute Gasteiger partial charge is 0.351 e. The Bertz CT molecular complexity index is 451. The molecule has 0 unspecified atom stereocenters. The fourth-order valence-electron chi connectivity index (χ4n) is 2.29. The first-order chi connectivity index (χ1) is 7.36. The van der Waals surface area contributed by atoms with E-state index in [1.807, 2.05) is 0 Å². The third-order valence-corrected chi connectivity index (χ3v) is 3.05. The highest BCUT2D eigenvalue weighted by atomic mass is 16.1.